The Morgan fingerprint density at radius 3 is 2.43 bits per heavy atom. The number of benzene rings is 2. The fraction of sp³-hybridized carbons (Fsp3) is 0.316. The zero-order valence-electron chi connectivity index (χ0n) is 15.4. The number of nitrogens with zero attached hydrogens (tertiary/aromatic N) is 1. The number of sulfonamides is 1. The van der Waals surface area contributed by atoms with Crippen molar-refractivity contribution in [3.05, 3.63) is 53.1 Å². The maximum Gasteiger partial charge on any atom is 0.255 e. The van der Waals surface area contributed by atoms with Crippen LogP contribution in [0.5, 0.6) is 0 Å². The molecule has 3 rings (SSSR count). The quantitative estimate of drug-likeness (QED) is 0.720. The van der Waals surface area contributed by atoms with Gasteiger partial charge in [0, 0.05) is 42.4 Å². The molecule has 28 heavy (non-hydrogen) atoms. The summed E-state index contributed by atoms with van der Waals surface area (Å²) in [5.41, 5.74) is 1.93. The molecule has 1 aliphatic rings. The van der Waals surface area contributed by atoms with Crippen molar-refractivity contribution in [2.24, 2.45) is 0 Å². The van der Waals surface area contributed by atoms with Gasteiger partial charge in [0.05, 0.1) is 15.6 Å². The van der Waals surface area contributed by atoms with E-state index in [-0.39, 0.29) is 10.8 Å². The van der Waals surface area contributed by atoms with Crippen molar-refractivity contribution in [2.45, 2.75) is 11.8 Å². The summed E-state index contributed by atoms with van der Waals surface area (Å²) in [7, 11) is -3.54. The Morgan fingerprint density at radius 1 is 1.14 bits per heavy atom. The number of amides is 1. The van der Waals surface area contributed by atoms with Gasteiger partial charge in [-0.3, -0.25) is 4.79 Å². The van der Waals surface area contributed by atoms with Crippen molar-refractivity contribution < 1.29 is 13.2 Å². The van der Waals surface area contributed by atoms with Gasteiger partial charge < -0.3 is 10.2 Å². The van der Waals surface area contributed by atoms with Crippen molar-refractivity contribution in [1.82, 2.24) is 4.72 Å². The molecule has 1 amide bonds. The van der Waals surface area contributed by atoms with Crippen LogP contribution in [0.4, 0.5) is 11.4 Å². The van der Waals surface area contributed by atoms with Gasteiger partial charge in [-0.1, -0.05) is 18.5 Å². The van der Waals surface area contributed by atoms with Gasteiger partial charge in [-0.25, -0.2) is 13.1 Å². The molecule has 0 saturated carbocycles. The highest BCUT2D eigenvalue weighted by atomic mass is 35.5. The summed E-state index contributed by atoms with van der Waals surface area (Å²) < 4.78 is 26.4. The summed E-state index contributed by atoms with van der Waals surface area (Å²) in [5, 5.41) is 3.40. The number of hydrogen-bond donors (Lipinski definition) is 2. The normalized spacial score (nSPS) is 14.7. The second-order valence-electron chi connectivity index (χ2n) is 6.25. The Labute approximate surface area is 174 Å². The van der Waals surface area contributed by atoms with Crippen LogP contribution in [0.25, 0.3) is 0 Å². The fourth-order valence-corrected chi connectivity index (χ4v) is 5.15. The minimum absolute atomic E-state index is 0.123. The molecule has 0 aromatic heterocycles. The Hall–Kier alpha value is -1.74. The van der Waals surface area contributed by atoms with Crippen molar-refractivity contribution in [1.29, 1.82) is 0 Å². The van der Waals surface area contributed by atoms with Crippen LogP contribution < -0.4 is 14.9 Å². The Morgan fingerprint density at radius 2 is 1.82 bits per heavy atom. The first-order chi connectivity index (χ1) is 13.4. The Bertz CT molecular complexity index is 943. The molecule has 0 unspecified atom stereocenters. The third-order valence-electron chi connectivity index (χ3n) is 4.32. The zero-order chi connectivity index (χ0) is 20.1. The van der Waals surface area contributed by atoms with E-state index in [2.05, 4.69) is 14.9 Å². The first kappa shape index (κ1) is 21.0. The van der Waals surface area contributed by atoms with Crippen molar-refractivity contribution >= 4 is 50.7 Å². The molecule has 0 spiro atoms. The molecule has 2 N–H and O–H groups in total. The van der Waals surface area contributed by atoms with E-state index in [1.54, 1.807) is 13.0 Å². The highest BCUT2D eigenvalue weighted by Crippen LogP contribution is 2.30. The second-order valence-corrected chi connectivity index (χ2v) is 9.64. The van der Waals surface area contributed by atoms with E-state index < -0.39 is 10.0 Å². The van der Waals surface area contributed by atoms with Gasteiger partial charge in [0.1, 0.15) is 0 Å². The number of halogens is 1. The minimum Gasteiger partial charge on any atom is -0.369 e. The van der Waals surface area contributed by atoms with Crippen LogP contribution in [-0.2, 0) is 10.0 Å². The van der Waals surface area contributed by atoms with Crippen LogP contribution in [0, 0.1) is 0 Å². The molecule has 9 heteroatoms. The molecule has 0 radical (unpaired) electrons. The van der Waals surface area contributed by atoms with E-state index in [9.17, 15) is 13.2 Å². The van der Waals surface area contributed by atoms with Crippen molar-refractivity contribution in [2.75, 3.05) is 41.4 Å². The number of carbonyl (C=O) groups is 1. The molecule has 0 aliphatic carbocycles. The molecule has 1 heterocycles. The van der Waals surface area contributed by atoms with Gasteiger partial charge in [-0.05, 0) is 42.5 Å². The molecule has 0 atom stereocenters. The third kappa shape index (κ3) is 5.00. The lowest BCUT2D eigenvalue weighted by molar-refractivity contribution is 0.102. The highest BCUT2D eigenvalue weighted by molar-refractivity contribution is 7.99. The predicted molar refractivity (Wildman–Crippen MR) is 116 cm³/mol. The van der Waals surface area contributed by atoms with E-state index in [1.807, 2.05) is 23.9 Å². The van der Waals surface area contributed by atoms with Crippen LogP contribution in [0.3, 0.4) is 0 Å². The Kier molecular flexibility index (Phi) is 6.87. The Balaban J connectivity index is 1.70. The average Bonchev–Trinajstić information content (AvgIpc) is 2.69. The summed E-state index contributed by atoms with van der Waals surface area (Å²) in [4.78, 5) is 14.8. The smallest absolute Gasteiger partial charge is 0.255 e. The van der Waals surface area contributed by atoms with Crippen LogP contribution in [0.2, 0.25) is 5.02 Å². The lowest BCUT2D eigenvalue weighted by Gasteiger charge is -2.29. The molecule has 1 aliphatic heterocycles. The number of thioether (sulfide) groups is 1. The predicted octanol–water partition coefficient (Wildman–Crippen LogP) is 3.44. The average molecular weight is 440 g/mol. The maximum absolute atomic E-state index is 12.5. The fourth-order valence-electron chi connectivity index (χ4n) is 2.91. The third-order valence-corrected chi connectivity index (χ3v) is 7.13. The monoisotopic (exact) mass is 439 g/mol. The van der Waals surface area contributed by atoms with Gasteiger partial charge in [0.2, 0.25) is 10.0 Å². The number of hydrogen-bond acceptors (Lipinski definition) is 5. The summed E-state index contributed by atoms with van der Waals surface area (Å²) in [6, 6.07) is 11.3. The van der Waals surface area contributed by atoms with E-state index in [1.165, 1.54) is 24.3 Å². The molecule has 150 valence electrons. The first-order valence-corrected chi connectivity index (χ1v) is 12.0. The minimum atomic E-state index is -3.54. The van der Waals surface area contributed by atoms with Gasteiger partial charge in [-0.15, -0.1) is 0 Å². The summed E-state index contributed by atoms with van der Waals surface area (Å²) in [6.07, 6.45) is 0. The molecule has 6 nitrogen and oxygen atoms in total. The van der Waals surface area contributed by atoms with E-state index in [0.29, 0.717) is 22.8 Å². The first-order valence-electron chi connectivity index (χ1n) is 8.94. The maximum atomic E-state index is 12.5. The number of anilines is 2. The SMILES string of the molecule is CCNS(=O)(=O)c1ccc(C(=O)Nc2ccc(N3CCSCC3)c(Cl)c2)cc1. The van der Waals surface area contributed by atoms with Gasteiger partial charge in [0.15, 0.2) is 0 Å². The van der Waals surface area contributed by atoms with Gasteiger partial charge in [-0.2, -0.15) is 11.8 Å². The molecule has 1 fully saturated rings. The van der Waals surface area contributed by atoms with E-state index in [0.717, 1.165) is 30.3 Å². The lowest BCUT2D eigenvalue weighted by Crippen LogP contribution is -2.32. The van der Waals surface area contributed by atoms with Crippen molar-refractivity contribution in [3.8, 4) is 0 Å². The van der Waals surface area contributed by atoms with Crippen molar-refractivity contribution in [3.63, 3.8) is 0 Å². The van der Waals surface area contributed by atoms with Crippen LogP contribution in [-0.4, -0.2) is 45.5 Å². The number of rotatable bonds is 6. The number of carbonyl (C=O) groups excluding carboxylic acids is 1. The van der Waals surface area contributed by atoms with Gasteiger partial charge >= 0.3 is 0 Å². The molecule has 2 aromatic carbocycles. The largest absolute Gasteiger partial charge is 0.369 e. The summed E-state index contributed by atoms with van der Waals surface area (Å²) in [6.45, 7) is 3.92. The molecule has 0 bridgehead atoms. The summed E-state index contributed by atoms with van der Waals surface area (Å²) >= 11 is 8.35. The van der Waals surface area contributed by atoms with Crippen LogP contribution >= 0.6 is 23.4 Å². The van der Waals surface area contributed by atoms with Crippen LogP contribution in [0.15, 0.2) is 47.4 Å². The van der Waals surface area contributed by atoms with Crippen LogP contribution in [0.1, 0.15) is 17.3 Å². The van der Waals surface area contributed by atoms with E-state index >= 15 is 0 Å². The molecular weight excluding hydrogens is 418 g/mol. The molecule has 2 aromatic rings. The standard InChI is InChI=1S/C19H22ClN3O3S2/c1-2-21-28(25,26)16-6-3-14(4-7-16)19(24)22-15-5-8-18(17(20)13-15)23-9-11-27-12-10-23/h3-8,13,21H,2,9-12H2,1H3,(H,22,24). The van der Waals surface area contributed by atoms with Gasteiger partial charge in [0.25, 0.3) is 5.91 Å². The molecular formula is C19H22ClN3O3S2. The second kappa shape index (κ2) is 9.17. The highest BCUT2D eigenvalue weighted by Gasteiger charge is 2.16. The zero-order valence-corrected chi connectivity index (χ0v) is 17.8. The lowest BCUT2D eigenvalue weighted by atomic mass is 10.2. The van der Waals surface area contributed by atoms with E-state index in [4.69, 9.17) is 11.6 Å². The topological polar surface area (TPSA) is 78.5 Å². The molecule has 1 saturated heterocycles. The number of nitrogens with one attached hydrogen (secondary N) is 2. The summed E-state index contributed by atoms with van der Waals surface area (Å²) in [5.74, 6) is 1.83.